The first kappa shape index (κ1) is 18.1. The third kappa shape index (κ3) is 4.10. The first-order valence-corrected chi connectivity index (χ1v) is 9.07. The second-order valence-corrected chi connectivity index (χ2v) is 6.27. The zero-order chi connectivity index (χ0) is 18.5. The van der Waals surface area contributed by atoms with Crippen LogP contribution in [0.5, 0.6) is 17.2 Å². The molecule has 1 N–H and O–H groups in total. The van der Waals surface area contributed by atoms with E-state index in [1.165, 1.54) is 0 Å². The van der Waals surface area contributed by atoms with Gasteiger partial charge in [0.15, 0.2) is 0 Å². The molecule has 5 nitrogen and oxygen atoms in total. The molecular formula is C21H25NO4. The van der Waals surface area contributed by atoms with Crippen LogP contribution in [0.3, 0.4) is 0 Å². The fourth-order valence-corrected chi connectivity index (χ4v) is 3.06. The molecule has 138 valence electrons. The molecule has 0 saturated heterocycles. The van der Waals surface area contributed by atoms with Gasteiger partial charge in [-0.3, -0.25) is 4.79 Å². The summed E-state index contributed by atoms with van der Waals surface area (Å²) in [5.41, 5.74) is 2.67. The first-order chi connectivity index (χ1) is 12.6. The second kappa shape index (κ2) is 8.13. The maximum absolute atomic E-state index is 12.4. The van der Waals surface area contributed by atoms with E-state index in [1.54, 1.807) is 24.3 Å². The number of amides is 1. The predicted octanol–water partition coefficient (Wildman–Crippen LogP) is 3.74. The van der Waals surface area contributed by atoms with Gasteiger partial charge in [-0.25, -0.2) is 0 Å². The Morgan fingerprint density at radius 3 is 2.58 bits per heavy atom. The van der Waals surface area contributed by atoms with Crippen molar-refractivity contribution in [3.63, 3.8) is 0 Å². The van der Waals surface area contributed by atoms with Gasteiger partial charge in [0, 0.05) is 29.7 Å². The lowest BCUT2D eigenvalue weighted by Crippen LogP contribution is -2.23. The highest BCUT2D eigenvalue weighted by atomic mass is 16.5. The predicted molar refractivity (Wildman–Crippen MR) is 100 cm³/mol. The second-order valence-electron chi connectivity index (χ2n) is 6.27. The first-order valence-electron chi connectivity index (χ1n) is 9.07. The molecule has 1 aliphatic heterocycles. The molecule has 0 fully saturated rings. The molecule has 3 rings (SSSR count). The molecule has 0 aliphatic carbocycles. The summed E-state index contributed by atoms with van der Waals surface area (Å²) < 4.78 is 17.0. The number of hydrogen-bond acceptors (Lipinski definition) is 4. The molecule has 1 atom stereocenters. The Morgan fingerprint density at radius 1 is 1.15 bits per heavy atom. The number of rotatable bonds is 7. The van der Waals surface area contributed by atoms with Crippen LogP contribution in [0.4, 0.5) is 0 Å². The van der Waals surface area contributed by atoms with E-state index >= 15 is 0 Å². The number of nitrogens with one attached hydrogen (secondary N) is 1. The van der Waals surface area contributed by atoms with Crippen LogP contribution in [0.15, 0.2) is 36.4 Å². The summed E-state index contributed by atoms with van der Waals surface area (Å²) in [6.45, 7) is 7.49. The van der Waals surface area contributed by atoms with Crippen molar-refractivity contribution in [1.29, 1.82) is 0 Å². The lowest BCUT2D eigenvalue weighted by molar-refractivity contribution is 0.0950. The molecule has 0 bridgehead atoms. The van der Waals surface area contributed by atoms with E-state index in [0.717, 1.165) is 34.8 Å². The average molecular weight is 355 g/mol. The van der Waals surface area contributed by atoms with E-state index < -0.39 is 0 Å². The third-order valence-electron chi connectivity index (χ3n) is 4.25. The quantitative estimate of drug-likeness (QED) is 0.822. The number of fused-ring (bicyclic) bond motifs is 1. The Labute approximate surface area is 154 Å². The van der Waals surface area contributed by atoms with E-state index in [0.29, 0.717) is 25.3 Å². The maximum Gasteiger partial charge on any atom is 0.251 e. The van der Waals surface area contributed by atoms with Gasteiger partial charge >= 0.3 is 0 Å². The van der Waals surface area contributed by atoms with E-state index in [9.17, 15) is 4.79 Å². The number of carbonyl (C=O) groups is 1. The SMILES string of the molecule is CCOc1ccc(C(=O)NCc2cc3c(cc2OCC)C[C@@H](C)O3)cc1. The van der Waals surface area contributed by atoms with E-state index in [1.807, 2.05) is 32.9 Å². The monoisotopic (exact) mass is 355 g/mol. The van der Waals surface area contributed by atoms with Crippen LogP contribution in [-0.4, -0.2) is 25.2 Å². The van der Waals surface area contributed by atoms with Gasteiger partial charge in [0.25, 0.3) is 5.91 Å². The summed E-state index contributed by atoms with van der Waals surface area (Å²) in [6, 6.07) is 11.1. The highest BCUT2D eigenvalue weighted by Gasteiger charge is 2.22. The standard InChI is InChI=1S/C21H25NO4/c1-4-24-18-8-6-15(7-9-18)21(23)22-13-17-12-20-16(10-14(3)26-20)11-19(17)25-5-2/h6-9,11-12,14H,4-5,10,13H2,1-3H3,(H,22,23)/t14-/m1/s1. The van der Waals surface area contributed by atoms with Crippen LogP contribution in [0, 0.1) is 0 Å². The van der Waals surface area contributed by atoms with Gasteiger partial charge < -0.3 is 19.5 Å². The number of benzene rings is 2. The molecule has 1 heterocycles. The number of carbonyl (C=O) groups excluding carboxylic acids is 1. The topological polar surface area (TPSA) is 56.8 Å². The molecular weight excluding hydrogens is 330 g/mol. The smallest absolute Gasteiger partial charge is 0.251 e. The molecule has 2 aromatic carbocycles. The summed E-state index contributed by atoms with van der Waals surface area (Å²) in [7, 11) is 0. The van der Waals surface area contributed by atoms with E-state index in [2.05, 4.69) is 5.32 Å². The fraction of sp³-hybridized carbons (Fsp3) is 0.381. The largest absolute Gasteiger partial charge is 0.494 e. The van der Waals surface area contributed by atoms with Crippen LogP contribution in [0.25, 0.3) is 0 Å². The lowest BCUT2D eigenvalue weighted by atomic mass is 10.1. The Kier molecular flexibility index (Phi) is 5.66. The Bertz CT molecular complexity index is 770. The number of ether oxygens (including phenoxy) is 3. The van der Waals surface area contributed by atoms with Gasteiger partial charge in [-0.2, -0.15) is 0 Å². The van der Waals surface area contributed by atoms with Crippen molar-refractivity contribution in [2.24, 2.45) is 0 Å². The van der Waals surface area contributed by atoms with E-state index in [-0.39, 0.29) is 12.0 Å². The van der Waals surface area contributed by atoms with Crippen molar-refractivity contribution in [3.8, 4) is 17.2 Å². The minimum Gasteiger partial charge on any atom is -0.494 e. The van der Waals surface area contributed by atoms with Gasteiger partial charge in [-0.05, 0) is 57.2 Å². The van der Waals surface area contributed by atoms with Crippen molar-refractivity contribution in [3.05, 3.63) is 53.1 Å². The maximum atomic E-state index is 12.4. The van der Waals surface area contributed by atoms with Crippen LogP contribution in [0.2, 0.25) is 0 Å². The molecule has 0 spiro atoms. The molecule has 26 heavy (non-hydrogen) atoms. The van der Waals surface area contributed by atoms with E-state index in [4.69, 9.17) is 14.2 Å². The van der Waals surface area contributed by atoms with Crippen LogP contribution in [-0.2, 0) is 13.0 Å². The number of hydrogen-bond donors (Lipinski definition) is 1. The summed E-state index contributed by atoms with van der Waals surface area (Å²) in [4.78, 5) is 12.4. The van der Waals surface area contributed by atoms with Gasteiger partial charge in [0.1, 0.15) is 23.4 Å². The van der Waals surface area contributed by atoms with Crippen molar-refractivity contribution < 1.29 is 19.0 Å². The van der Waals surface area contributed by atoms with Gasteiger partial charge in [0.2, 0.25) is 0 Å². The Morgan fingerprint density at radius 2 is 1.88 bits per heavy atom. The zero-order valence-electron chi connectivity index (χ0n) is 15.5. The molecule has 0 radical (unpaired) electrons. The minimum atomic E-state index is -0.134. The average Bonchev–Trinajstić information content (AvgIpc) is 2.99. The molecule has 1 amide bonds. The van der Waals surface area contributed by atoms with Gasteiger partial charge in [-0.15, -0.1) is 0 Å². The fourth-order valence-electron chi connectivity index (χ4n) is 3.06. The zero-order valence-corrected chi connectivity index (χ0v) is 15.5. The Hall–Kier alpha value is -2.69. The molecule has 0 unspecified atom stereocenters. The Balaban J connectivity index is 1.70. The summed E-state index contributed by atoms with van der Waals surface area (Å²) in [5, 5.41) is 2.95. The van der Waals surface area contributed by atoms with Gasteiger partial charge in [0.05, 0.1) is 13.2 Å². The van der Waals surface area contributed by atoms with Crippen molar-refractivity contribution >= 4 is 5.91 Å². The summed E-state index contributed by atoms with van der Waals surface area (Å²) in [5.74, 6) is 2.31. The molecule has 2 aromatic rings. The summed E-state index contributed by atoms with van der Waals surface area (Å²) >= 11 is 0. The van der Waals surface area contributed by atoms with Crippen molar-refractivity contribution in [2.45, 2.75) is 39.8 Å². The summed E-state index contributed by atoms with van der Waals surface area (Å²) in [6.07, 6.45) is 1.06. The highest BCUT2D eigenvalue weighted by molar-refractivity contribution is 5.94. The van der Waals surface area contributed by atoms with Crippen LogP contribution >= 0.6 is 0 Å². The molecule has 5 heteroatoms. The molecule has 1 aliphatic rings. The normalized spacial score (nSPS) is 15.1. The van der Waals surface area contributed by atoms with Crippen molar-refractivity contribution in [1.82, 2.24) is 5.32 Å². The molecule has 0 saturated carbocycles. The highest BCUT2D eigenvalue weighted by Crippen LogP contribution is 2.35. The van der Waals surface area contributed by atoms with Gasteiger partial charge in [-0.1, -0.05) is 0 Å². The molecule has 0 aromatic heterocycles. The van der Waals surface area contributed by atoms with Crippen LogP contribution < -0.4 is 19.5 Å². The lowest BCUT2D eigenvalue weighted by Gasteiger charge is -2.13. The third-order valence-corrected chi connectivity index (χ3v) is 4.25. The van der Waals surface area contributed by atoms with Crippen molar-refractivity contribution in [2.75, 3.05) is 13.2 Å². The minimum absolute atomic E-state index is 0.134. The van der Waals surface area contributed by atoms with Crippen LogP contribution in [0.1, 0.15) is 42.3 Å².